The number of hydrogen-bond donors (Lipinski definition) is 1. The summed E-state index contributed by atoms with van der Waals surface area (Å²) >= 11 is 11.6. The summed E-state index contributed by atoms with van der Waals surface area (Å²) in [6, 6.07) is 13.3. The van der Waals surface area contributed by atoms with Crippen molar-refractivity contribution in [1.29, 1.82) is 5.26 Å². The lowest BCUT2D eigenvalue weighted by molar-refractivity contribution is -0.118. The van der Waals surface area contributed by atoms with Gasteiger partial charge < -0.3 is 10.1 Å². The lowest BCUT2D eigenvalue weighted by Gasteiger charge is -2.09. The number of hydrogen-bond acceptors (Lipinski definition) is 3. The molecule has 0 heterocycles. The first kappa shape index (κ1) is 15.2. The molecule has 1 N–H and O–H groups in total. The predicted molar refractivity (Wildman–Crippen MR) is 81.7 cm³/mol. The molecule has 0 aliphatic rings. The lowest BCUT2D eigenvalue weighted by atomic mass is 10.2. The number of nitrogens with zero attached hydrogens (tertiary/aromatic N) is 1. The number of carbonyl (C=O) groups is 1. The zero-order valence-corrected chi connectivity index (χ0v) is 12.3. The monoisotopic (exact) mass is 320 g/mol. The fourth-order valence-corrected chi connectivity index (χ4v) is 1.87. The summed E-state index contributed by atoms with van der Waals surface area (Å²) in [5, 5.41) is 12.6. The van der Waals surface area contributed by atoms with Crippen LogP contribution in [0.3, 0.4) is 0 Å². The average molecular weight is 321 g/mol. The quantitative estimate of drug-likeness (QED) is 0.929. The van der Waals surface area contributed by atoms with E-state index in [9.17, 15) is 4.79 Å². The Morgan fingerprint density at radius 2 is 1.81 bits per heavy atom. The molecule has 0 saturated carbocycles. The predicted octanol–water partition coefficient (Wildman–Crippen LogP) is 3.88. The number of nitriles is 1. The molecule has 6 heteroatoms. The van der Waals surface area contributed by atoms with Crippen molar-refractivity contribution >= 4 is 34.8 Å². The first-order chi connectivity index (χ1) is 10.1. The number of benzene rings is 2. The van der Waals surface area contributed by atoms with Crippen molar-refractivity contribution < 1.29 is 9.53 Å². The largest absolute Gasteiger partial charge is 0.482 e. The van der Waals surface area contributed by atoms with E-state index in [1.807, 2.05) is 6.07 Å². The van der Waals surface area contributed by atoms with Gasteiger partial charge in [-0.25, -0.2) is 0 Å². The van der Waals surface area contributed by atoms with Gasteiger partial charge in [0.2, 0.25) is 0 Å². The number of amides is 1. The zero-order valence-electron chi connectivity index (χ0n) is 10.8. The maximum absolute atomic E-state index is 11.8. The lowest BCUT2D eigenvalue weighted by Crippen LogP contribution is -2.20. The molecule has 106 valence electrons. The van der Waals surface area contributed by atoms with Crippen LogP contribution in [-0.4, -0.2) is 12.5 Å². The van der Waals surface area contributed by atoms with Crippen molar-refractivity contribution in [1.82, 2.24) is 0 Å². The minimum atomic E-state index is -0.346. The van der Waals surface area contributed by atoms with Gasteiger partial charge in [0, 0.05) is 21.8 Å². The number of ether oxygens (including phenoxy) is 1. The van der Waals surface area contributed by atoms with E-state index in [1.165, 1.54) is 12.1 Å². The van der Waals surface area contributed by atoms with Crippen molar-refractivity contribution in [3.8, 4) is 11.8 Å². The Kier molecular flexibility index (Phi) is 5.04. The number of nitrogens with one attached hydrogen (secondary N) is 1. The van der Waals surface area contributed by atoms with Gasteiger partial charge >= 0.3 is 0 Å². The summed E-state index contributed by atoms with van der Waals surface area (Å²) in [7, 11) is 0. The molecule has 0 radical (unpaired) electrons. The van der Waals surface area contributed by atoms with Crippen molar-refractivity contribution in [2.24, 2.45) is 0 Å². The third-order valence-corrected chi connectivity index (χ3v) is 3.04. The molecule has 0 aliphatic carbocycles. The van der Waals surface area contributed by atoms with Gasteiger partial charge in [0.05, 0.1) is 5.56 Å². The van der Waals surface area contributed by atoms with Crippen molar-refractivity contribution in [3.63, 3.8) is 0 Å². The third kappa shape index (κ3) is 4.38. The fourth-order valence-electron chi connectivity index (χ4n) is 1.58. The molecule has 0 saturated heterocycles. The van der Waals surface area contributed by atoms with E-state index in [2.05, 4.69) is 5.32 Å². The molecule has 2 aromatic rings. The van der Waals surface area contributed by atoms with Crippen LogP contribution in [0.5, 0.6) is 5.75 Å². The summed E-state index contributed by atoms with van der Waals surface area (Å²) in [6.07, 6.45) is 0. The van der Waals surface area contributed by atoms with E-state index in [4.69, 9.17) is 33.2 Å². The molecule has 4 nitrogen and oxygen atoms in total. The molecule has 0 aliphatic heterocycles. The minimum absolute atomic E-state index is 0.225. The topological polar surface area (TPSA) is 62.1 Å². The van der Waals surface area contributed by atoms with Gasteiger partial charge in [0.1, 0.15) is 11.8 Å². The molecule has 0 spiro atoms. The van der Waals surface area contributed by atoms with E-state index >= 15 is 0 Å². The van der Waals surface area contributed by atoms with Crippen LogP contribution in [0.15, 0.2) is 42.5 Å². The van der Waals surface area contributed by atoms with E-state index in [0.717, 1.165) is 0 Å². The molecule has 0 fully saturated rings. The van der Waals surface area contributed by atoms with Crippen LogP contribution in [0.1, 0.15) is 5.56 Å². The van der Waals surface area contributed by atoms with Crippen LogP contribution in [0, 0.1) is 11.3 Å². The highest BCUT2D eigenvalue weighted by Crippen LogP contribution is 2.22. The molecular formula is C15H10Cl2N2O2. The van der Waals surface area contributed by atoms with Gasteiger partial charge in [0.15, 0.2) is 6.61 Å². The Bertz CT molecular complexity index is 694. The highest BCUT2D eigenvalue weighted by Gasteiger charge is 2.08. The molecular weight excluding hydrogens is 311 g/mol. The SMILES string of the molecule is N#Cc1ccc(Cl)cc1OCC(=O)Nc1ccc(Cl)cc1. The van der Waals surface area contributed by atoms with E-state index in [0.29, 0.717) is 21.3 Å². The molecule has 0 bridgehead atoms. The molecule has 0 aromatic heterocycles. The third-order valence-electron chi connectivity index (χ3n) is 2.55. The number of rotatable bonds is 4. The minimum Gasteiger partial charge on any atom is -0.482 e. The van der Waals surface area contributed by atoms with Crippen LogP contribution in [-0.2, 0) is 4.79 Å². The number of carbonyl (C=O) groups excluding carboxylic acids is 1. The van der Waals surface area contributed by atoms with Crippen molar-refractivity contribution in [3.05, 3.63) is 58.1 Å². The highest BCUT2D eigenvalue weighted by molar-refractivity contribution is 6.31. The summed E-state index contributed by atoms with van der Waals surface area (Å²) in [6.45, 7) is -0.225. The molecule has 1 amide bonds. The van der Waals surface area contributed by atoms with Crippen molar-refractivity contribution in [2.75, 3.05) is 11.9 Å². The van der Waals surface area contributed by atoms with E-state index < -0.39 is 0 Å². The maximum atomic E-state index is 11.8. The van der Waals surface area contributed by atoms with Gasteiger partial charge in [-0.1, -0.05) is 23.2 Å². The van der Waals surface area contributed by atoms with Gasteiger partial charge in [-0.2, -0.15) is 5.26 Å². The van der Waals surface area contributed by atoms with Crippen LogP contribution in [0.25, 0.3) is 0 Å². The molecule has 2 aromatic carbocycles. The zero-order chi connectivity index (χ0) is 15.2. The van der Waals surface area contributed by atoms with Crippen LogP contribution in [0.2, 0.25) is 10.0 Å². The first-order valence-corrected chi connectivity index (χ1v) is 6.72. The van der Waals surface area contributed by atoms with Gasteiger partial charge in [-0.3, -0.25) is 4.79 Å². The van der Waals surface area contributed by atoms with E-state index in [1.54, 1.807) is 30.3 Å². The maximum Gasteiger partial charge on any atom is 0.262 e. The van der Waals surface area contributed by atoms with Crippen LogP contribution in [0.4, 0.5) is 5.69 Å². The second-order valence-corrected chi connectivity index (χ2v) is 4.97. The Labute approximate surface area is 131 Å². The van der Waals surface area contributed by atoms with Gasteiger partial charge in [0.25, 0.3) is 5.91 Å². The average Bonchev–Trinajstić information content (AvgIpc) is 2.48. The second kappa shape index (κ2) is 6.98. The number of anilines is 1. The standard InChI is InChI=1S/C15H10Cl2N2O2/c16-11-3-5-13(6-4-11)19-15(20)9-21-14-7-12(17)2-1-10(14)8-18/h1-7H,9H2,(H,19,20). The smallest absolute Gasteiger partial charge is 0.262 e. The summed E-state index contributed by atoms with van der Waals surface area (Å²) in [4.78, 5) is 11.8. The summed E-state index contributed by atoms with van der Waals surface area (Å²) in [5.74, 6) is -0.0718. The summed E-state index contributed by atoms with van der Waals surface area (Å²) < 4.78 is 5.32. The molecule has 2 rings (SSSR count). The second-order valence-electron chi connectivity index (χ2n) is 4.10. The molecule has 21 heavy (non-hydrogen) atoms. The van der Waals surface area contributed by atoms with Gasteiger partial charge in [-0.05, 0) is 36.4 Å². The van der Waals surface area contributed by atoms with Gasteiger partial charge in [-0.15, -0.1) is 0 Å². The molecule has 0 unspecified atom stereocenters. The van der Waals surface area contributed by atoms with Crippen LogP contribution >= 0.6 is 23.2 Å². The molecule has 0 atom stereocenters. The van der Waals surface area contributed by atoms with Crippen molar-refractivity contribution in [2.45, 2.75) is 0 Å². The Morgan fingerprint density at radius 3 is 2.48 bits per heavy atom. The number of halogens is 2. The Hall–Kier alpha value is -2.22. The van der Waals surface area contributed by atoms with E-state index in [-0.39, 0.29) is 18.3 Å². The highest BCUT2D eigenvalue weighted by atomic mass is 35.5. The summed E-state index contributed by atoms with van der Waals surface area (Å²) in [5.41, 5.74) is 0.929. The fraction of sp³-hybridized carbons (Fsp3) is 0.0667. The first-order valence-electron chi connectivity index (χ1n) is 5.96. The van der Waals surface area contributed by atoms with Crippen LogP contribution < -0.4 is 10.1 Å². The Morgan fingerprint density at radius 1 is 1.14 bits per heavy atom. The Balaban J connectivity index is 1.97. The normalized spacial score (nSPS) is 9.76.